The molecule has 1 aromatic heterocycles. The lowest BCUT2D eigenvalue weighted by Gasteiger charge is -2.36. The van der Waals surface area contributed by atoms with Gasteiger partial charge in [0.2, 0.25) is 11.8 Å². The first-order chi connectivity index (χ1) is 13.1. The van der Waals surface area contributed by atoms with E-state index >= 15 is 0 Å². The van der Waals surface area contributed by atoms with Crippen LogP contribution in [0.15, 0.2) is 24.3 Å². The number of likely N-dealkylation sites (tertiary alicyclic amines) is 1. The van der Waals surface area contributed by atoms with Crippen LogP contribution in [0.25, 0.3) is 11.0 Å². The Kier molecular flexibility index (Phi) is 6.48. The molecule has 0 bridgehead atoms. The second-order valence-corrected chi connectivity index (χ2v) is 7.28. The van der Waals surface area contributed by atoms with Gasteiger partial charge in [0.1, 0.15) is 5.82 Å². The van der Waals surface area contributed by atoms with Crippen LogP contribution in [0.1, 0.15) is 51.8 Å². The fourth-order valence-electron chi connectivity index (χ4n) is 4.04. The van der Waals surface area contributed by atoms with Crippen molar-refractivity contribution < 1.29 is 9.59 Å². The zero-order valence-electron chi connectivity index (χ0n) is 16.4. The monoisotopic (exact) mass is 370 g/mol. The molecule has 0 spiro atoms. The molecule has 0 aliphatic carbocycles. The Bertz CT molecular complexity index is 799. The molecule has 1 fully saturated rings. The molecule has 1 aromatic carbocycles. The summed E-state index contributed by atoms with van der Waals surface area (Å²) in [6.45, 7) is 5.76. The first-order valence-corrected chi connectivity index (χ1v) is 10.1. The predicted octanol–water partition coefficient (Wildman–Crippen LogP) is 2.90. The van der Waals surface area contributed by atoms with E-state index in [0.717, 1.165) is 55.5 Å². The number of aromatic nitrogens is 2. The van der Waals surface area contributed by atoms with E-state index in [0.29, 0.717) is 19.5 Å². The number of nitrogens with one attached hydrogen (secondary N) is 1. The molecule has 1 N–H and O–H groups in total. The number of imidazole rings is 1. The number of hydrogen-bond donors (Lipinski definition) is 1. The molecule has 2 aromatic rings. The van der Waals surface area contributed by atoms with E-state index in [-0.39, 0.29) is 17.9 Å². The molecule has 1 aliphatic rings. The third-order valence-corrected chi connectivity index (χ3v) is 5.40. The number of aryl methyl sites for hydroxylation is 2. The Balaban J connectivity index is 1.64. The van der Waals surface area contributed by atoms with Crippen LogP contribution in [0.5, 0.6) is 0 Å². The van der Waals surface area contributed by atoms with Gasteiger partial charge in [0.15, 0.2) is 0 Å². The lowest BCUT2D eigenvalue weighted by atomic mass is 9.98. The van der Waals surface area contributed by atoms with E-state index in [1.807, 2.05) is 23.1 Å². The highest BCUT2D eigenvalue weighted by Crippen LogP contribution is 2.22. The summed E-state index contributed by atoms with van der Waals surface area (Å²) in [4.78, 5) is 30.8. The maximum atomic E-state index is 12.9. The van der Waals surface area contributed by atoms with Crippen molar-refractivity contribution >= 4 is 22.8 Å². The summed E-state index contributed by atoms with van der Waals surface area (Å²) >= 11 is 0. The van der Waals surface area contributed by atoms with Crippen LogP contribution in [0.2, 0.25) is 0 Å². The number of rotatable bonds is 7. The lowest BCUT2D eigenvalue weighted by molar-refractivity contribution is -0.135. The van der Waals surface area contributed by atoms with E-state index < -0.39 is 0 Å². The Labute approximate surface area is 160 Å². The van der Waals surface area contributed by atoms with Gasteiger partial charge in [-0.1, -0.05) is 19.1 Å². The molecule has 1 unspecified atom stereocenters. The van der Waals surface area contributed by atoms with Crippen molar-refractivity contribution in [3.63, 3.8) is 0 Å². The van der Waals surface area contributed by atoms with Crippen molar-refractivity contribution in [1.82, 2.24) is 19.8 Å². The standard InChI is InChI=1S/C21H30N4O2/c1-3-20-23-18-9-4-5-10-19(18)25(20)15-12-21(27)24-14-7-6-8-17(24)11-13-22-16(2)26/h4-5,9-10,17H,3,6-8,11-15H2,1-2H3,(H,22,26). The molecule has 1 atom stereocenters. The maximum absolute atomic E-state index is 12.9. The third-order valence-electron chi connectivity index (χ3n) is 5.40. The van der Waals surface area contributed by atoms with Crippen LogP contribution in [0.3, 0.4) is 0 Å². The molecular weight excluding hydrogens is 340 g/mol. The largest absolute Gasteiger partial charge is 0.356 e. The number of benzene rings is 1. The molecule has 146 valence electrons. The maximum Gasteiger partial charge on any atom is 0.224 e. The van der Waals surface area contributed by atoms with Crippen molar-refractivity contribution in [2.75, 3.05) is 13.1 Å². The van der Waals surface area contributed by atoms with E-state index in [9.17, 15) is 9.59 Å². The minimum Gasteiger partial charge on any atom is -0.356 e. The van der Waals surface area contributed by atoms with Gasteiger partial charge in [-0.05, 0) is 37.8 Å². The number of fused-ring (bicyclic) bond motifs is 1. The SMILES string of the molecule is CCc1nc2ccccc2n1CCC(=O)N1CCCCC1CCNC(C)=O. The Hall–Kier alpha value is -2.37. The molecule has 6 heteroatoms. The Morgan fingerprint density at radius 1 is 1.26 bits per heavy atom. The highest BCUT2D eigenvalue weighted by Gasteiger charge is 2.26. The molecule has 27 heavy (non-hydrogen) atoms. The fraction of sp³-hybridized carbons (Fsp3) is 0.571. The summed E-state index contributed by atoms with van der Waals surface area (Å²) in [7, 11) is 0. The number of para-hydroxylation sites is 2. The van der Waals surface area contributed by atoms with Crippen LogP contribution in [-0.4, -0.2) is 45.4 Å². The highest BCUT2D eigenvalue weighted by molar-refractivity contribution is 5.78. The summed E-state index contributed by atoms with van der Waals surface area (Å²) in [5, 5.41) is 2.85. The molecule has 6 nitrogen and oxygen atoms in total. The summed E-state index contributed by atoms with van der Waals surface area (Å²) in [5.74, 6) is 1.23. The second kappa shape index (κ2) is 9.02. The molecule has 1 saturated heterocycles. The molecule has 3 rings (SSSR count). The van der Waals surface area contributed by atoms with Crippen LogP contribution < -0.4 is 5.32 Å². The Morgan fingerprint density at radius 3 is 2.85 bits per heavy atom. The normalized spacial score (nSPS) is 17.3. The van der Waals surface area contributed by atoms with Crippen molar-refractivity contribution in [3.05, 3.63) is 30.1 Å². The molecule has 2 amide bonds. The summed E-state index contributed by atoms with van der Waals surface area (Å²) in [6.07, 6.45) is 5.42. The Morgan fingerprint density at radius 2 is 2.07 bits per heavy atom. The van der Waals surface area contributed by atoms with E-state index in [1.165, 1.54) is 6.92 Å². The van der Waals surface area contributed by atoms with Crippen LogP contribution in [0, 0.1) is 0 Å². The minimum absolute atomic E-state index is 0.0113. The highest BCUT2D eigenvalue weighted by atomic mass is 16.2. The van der Waals surface area contributed by atoms with Gasteiger partial charge < -0.3 is 14.8 Å². The number of hydrogen-bond acceptors (Lipinski definition) is 3. The van der Waals surface area contributed by atoms with Gasteiger partial charge in [-0.3, -0.25) is 9.59 Å². The molecule has 0 saturated carbocycles. The van der Waals surface area contributed by atoms with E-state index in [1.54, 1.807) is 0 Å². The predicted molar refractivity (Wildman–Crippen MR) is 106 cm³/mol. The van der Waals surface area contributed by atoms with Crippen molar-refractivity contribution in [2.24, 2.45) is 0 Å². The average molecular weight is 370 g/mol. The number of nitrogens with zero attached hydrogens (tertiary/aromatic N) is 3. The topological polar surface area (TPSA) is 67.2 Å². The van der Waals surface area contributed by atoms with E-state index in [4.69, 9.17) is 4.98 Å². The third kappa shape index (κ3) is 4.67. The first-order valence-electron chi connectivity index (χ1n) is 10.1. The fourth-order valence-corrected chi connectivity index (χ4v) is 4.04. The van der Waals surface area contributed by atoms with Crippen LogP contribution >= 0.6 is 0 Å². The van der Waals surface area contributed by atoms with Gasteiger partial charge >= 0.3 is 0 Å². The van der Waals surface area contributed by atoms with Crippen molar-refractivity contribution in [2.45, 2.75) is 65.0 Å². The minimum atomic E-state index is -0.0113. The van der Waals surface area contributed by atoms with Crippen LogP contribution in [0.4, 0.5) is 0 Å². The zero-order chi connectivity index (χ0) is 19.2. The van der Waals surface area contributed by atoms with Crippen LogP contribution in [-0.2, 0) is 22.6 Å². The summed E-state index contributed by atoms with van der Waals surface area (Å²) in [6, 6.07) is 8.35. The lowest BCUT2D eigenvalue weighted by Crippen LogP contribution is -2.45. The molecule has 0 radical (unpaired) electrons. The molecule has 1 aliphatic heterocycles. The van der Waals surface area contributed by atoms with Gasteiger partial charge in [0.05, 0.1) is 11.0 Å². The number of amides is 2. The molecule has 2 heterocycles. The quantitative estimate of drug-likeness (QED) is 0.815. The summed E-state index contributed by atoms with van der Waals surface area (Å²) in [5.41, 5.74) is 2.09. The van der Waals surface area contributed by atoms with Gasteiger partial charge in [-0.2, -0.15) is 0 Å². The van der Waals surface area contributed by atoms with E-state index in [2.05, 4.69) is 22.9 Å². The van der Waals surface area contributed by atoms with Gasteiger partial charge in [-0.15, -0.1) is 0 Å². The number of carbonyl (C=O) groups is 2. The van der Waals surface area contributed by atoms with Gasteiger partial charge in [0.25, 0.3) is 0 Å². The molecular formula is C21H30N4O2. The first kappa shape index (κ1) is 19.4. The number of piperidine rings is 1. The van der Waals surface area contributed by atoms with Gasteiger partial charge in [0, 0.05) is 45.4 Å². The smallest absolute Gasteiger partial charge is 0.224 e. The van der Waals surface area contributed by atoms with Crippen molar-refractivity contribution in [3.8, 4) is 0 Å². The number of carbonyl (C=O) groups excluding carboxylic acids is 2. The van der Waals surface area contributed by atoms with Gasteiger partial charge in [-0.25, -0.2) is 4.98 Å². The second-order valence-electron chi connectivity index (χ2n) is 7.28. The van der Waals surface area contributed by atoms with Crippen molar-refractivity contribution in [1.29, 1.82) is 0 Å². The zero-order valence-corrected chi connectivity index (χ0v) is 16.4. The summed E-state index contributed by atoms with van der Waals surface area (Å²) < 4.78 is 2.18. The average Bonchev–Trinajstić information content (AvgIpc) is 3.04.